The number of hydrogen-bond donors (Lipinski definition) is 4. The van der Waals surface area contributed by atoms with Crippen molar-refractivity contribution in [1.29, 1.82) is 0 Å². The number of para-hydroxylation sites is 1. The lowest BCUT2D eigenvalue weighted by Gasteiger charge is -2.09. The lowest BCUT2D eigenvalue weighted by molar-refractivity contribution is 0.262. The van der Waals surface area contributed by atoms with E-state index >= 15 is 0 Å². The number of urea groups is 1. The number of nitrogens with one attached hydrogen (secondary N) is 2. The van der Waals surface area contributed by atoms with Gasteiger partial charge in [-0.1, -0.05) is 28.9 Å². The van der Waals surface area contributed by atoms with Crippen molar-refractivity contribution in [3.63, 3.8) is 0 Å². The first kappa shape index (κ1) is 14.7. The fourth-order valence-electron chi connectivity index (χ4n) is 1.63. The molecular formula is C14H13ClN4O2. The van der Waals surface area contributed by atoms with Gasteiger partial charge in [-0.15, -0.1) is 0 Å². The Labute approximate surface area is 126 Å². The molecule has 5 N–H and O–H groups in total. The second-order valence-electron chi connectivity index (χ2n) is 4.12. The minimum Gasteiger partial charge on any atom is -0.409 e. The smallest absolute Gasteiger partial charge is 0.323 e. The molecule has 2 amide bonds. The molecule has 0 aliphatic rings. The molecule has 0 saturated carbocycles. The summed E-state index contributed by atoms with van der Waals surface area (Å²) in [7, 11) is 0. The number of nitrogens with two attached hydrogens (primary N) is 1. The van der Waals surface area contributed by atoms with Crippen LogP contribution in [-0.2, 0) is 0 Å². The Balaban J connectivity index is 2.02. The Morgan fingerprint density at radius 2 is 1.76 bits per heavy atom. The van der Waals surface area contributed by atoms with Gasteiger partial charge in [0.05, 0.1) is 10.7 Å². The molecule has 0 saturated heterocycles. The van der Waals surface area contributed by atoms with E-state index in [0.717, 1.165) is 0 Å². The largest absolute Gasteiger partial charge is 0.409 e. The van der Waals surface area contributed by atoms with Gasteiger partial charge in [-0.2, -0.15) is 0 Å². The van der Waals surface area contributed by atoms with Crippen LogP contribution in [-0.4, -0.2) is 17.1 Å². The number of amidine groups is 1. The predicted octanol–water partition coefficient (Wildman–Crippen LogP) is 3.08. The Bertz CT molecular complexity index is 671. The standard InChI is InChI=1S/C14H13ClN4O2/c15-11-3-1-2-4-12(11)18-14(20)17-10-7-5-9(6-8-10)13(16)19-21/h1-8,21H,(H2,16,19)(H2,17,18,20). The summed E-state index contributed by atoms with van der Waals surface area (Å²) in [5.41, 5.74) is 7.08. The van der Waals surface area contributed by atoms with Crippen LogP contribution in [0.5, 0.6) is 0 Å². The van der Waals surface area contributed by atoms with Gasteiger partial charge in [0.25, 0.3) is 0 Å². The number of benzene rings is 2. The van der Waals surface area contributed by atoms with Crippen molar-refractivity contribution in [2.24, 2.45) is 10.9 Å². The van der Waals surface area contributed by atoms with Crippen molar-refractivity contribution in [2.45, 2.75) is 0 Å². The molecule has 0 unspecified atom stereocenters. The minimum absolute atomic E-state index is 0.00192. The van der Waals surface area contributed by atoms with Crippen molar-refractivity contribution in [2.75, 3.05) is 10.6 Å². The highest BCUT2D eigenvalue weighted by atomic mass is 35.5. The molecule has 0 aliphatic carbocycles. The van der Waals surface area contributed by atoms with E-state index in [2.05, 4.69) is 15.8 Å². The molecule has 0 heterocycles. The molecule has 0 spiro atoms. The lowest BCUT2D eigenvalue weighted by atomic mass is 10.2. The maximum absolute atomic E-state index is 11.8. The van der Waals surface area contributed by atoms with E-state index in [9.17, 15) is 4.79 Å². The SMILES string of the molecule is N/C(=N/O)c1ccc(NC(=O)Nc2ccccc2Cl)cc1. The van der Waals surface area contributed by atoms with Crippen LogP contribution in [0, 0.1) is 0 Å². The number of halogens is 1. The van der Waals surface area contributed by atoms with Crippen LogP contribution < -0.4 is 16.4 Å². The van der Waals surface area contributed by atoms with Crippen LogP contribution in [0.25, 0.3) is 0 Å². The van der Waals surface area contributed by atoms with Gasteiger partial charge in [0.2, 0.25) is 0 Å². The topological polar surface area (TPSA) is 99.7 Å². The Hall–Kier alpha value is -2.73. The Morgan fingerprint density at radius 3 is 2.38 bits per heavy atom. The summed E-state index contributed by atoms with van der Waals surface area (Å²) in [4.78, 5) is 11.8. The van der Waals surface area contributed by atoms with Crippen molar-refractivity contribution in [1.82, 2.24) is 0 Å². The van der Waals surface area contributed by atoms with Crippen LogP contribution in [0.2, 0.25) is 5.02 Å². The molecule has 0 fully saturated rings. The van der Waals surface area contributed by atoms with Crippen LogP contribution >= 0.6 is 11.6 Å². The number of oxime groups is 1. The second kappa shape index (κ2) is 6.62. The van der Waals surface area contributed by atoms with Crippen molar-refractivity contribution < 1.29 is 10.0 Å². The summed E-state index contributed by atoms with van der Waals surface area (Å²) in [6, 6.07) is 13.0. The number of carbonyl (C=O) groups is 1. The molecule has 0 aliphatic heterocycles. The summed E-state index contributed by atoms with van der Waals surface area (Å²) < 4.78 is 0. The van der Waals surface area contributed by atoms with Crippen LogP contribution in [0.15, 0.2) is 53.7 Å². The fourth-order valence-corrected chi connectivity index (χ4v) is 1.81. The third-order valence-electron chi connectivity index (χ3n) is 2.67. The number of rotatable bonds is 3. The van der Waals surface area contributed by atoms with E-state index in [1.165, 1.54) is 0 Å². The summed E-state index contributed by atoms with van der Waals surface area (Å²) in [6.45, 7) is 0. The number of nitrogens with zero attached hydrogens (tertiary/aromatic N) is 1. The third kappa shape index (κ3) is 3.87. The summed E-state index contributed by atoms with van der Waals surface area (Å²) in [6.07, 6.45) is 0. The van der Waals surface area contributed by atoms with Crippen LogP contribution in [0.4, 0.5) is 16.2 Å². The van der Waals surface area contributed by atoms with Gasteiger partial charge >= 0.3 is 6.03 Å². The highest BCUT2D eigenvalue weighted by Crippen LogP contribution is 2.20. The maximum Gasteiger partial charge on any atom is 0.323 e. The van der Waals surface area contributed by atoms with Crippen LogP contribution in [0.3, 0.4) is 0 Å². The first-order valence-corrected chi connectivity index (χ1v) is 6.38. The van der Waals surface area contributed by atoms with E-state index in [0.29, 0.717) is 22.0 Å². The Morgan fingerprint density at radius 1 is 1.10 bits per heavy atom. The van der Waals surface area contributed by atoms with E-state index in [1.54, 1.807) is 48.5 Å². The fraction of sp³-hybridized carbons (Fsp3) is 0. The third-order valence-corrected chi connectivity index (χ3v) is 3.00. The molecule has 0 bridgehead atoms. The van der Waals surface area contributed by atoms with E-state index in [1.807, 2.05) is 0 Å². The average Bonchev–Trinajstić information content (AvgIpc) is 2.49. The predicted molar refractivity (Wildman–Crippen MR) is 83.0 cm³/mol. The van der Waals surface area contributed by atoms with E-state index in [-0.39, 0.29) is 5.84 Å². The molecule has 108 valence electrons. The van der Waals surface area contributed by atoms with Gasteiger partial charge < -0.3 is 21.6 Å². The zero-order valence-electron chi connectivity index (χ0n) is 10.9. The highest BCUT2D eigenvalue weighted by Gasteiger charge is 2.06. The molecule has 2 aromatic rings. The van der Waals surface area contributed by atoms with E-state index in [4.69, 9.17) is 22.5 Å². The van der Waals surface area contributed by atoms with Gasteiger partial charge in [0.15, 0.2) is 5.84 Å². The molecule has 6 nitrogen and oxygen atoms in total. The first-order valence-electron chi connectivity index (χ1n) is 6.00. The molecule has 7 heteroatoms. The monoisotopic (exact) mass is 304 g/mol. The summed E-state index contributed by atoms with van der Waals surface area (Å²) in [5.74, 6) is 0.00192. The normalized spacial score (nSPS) is 11.0. The van der Waals surface area contributed by atoms with Gasteiger partial charge in [0.1, 0.15) is 0 Å². The minimum atomic E-state index is -0.417. The molecule has 2 aromatic carbocycles. The first-order chi connectivity index (χ1) is 10.1. The molecule has 0 aromatic heterocycles. The van der Waals surface area contributed by atoms with Crippen molar-refractivity contribution in [3.05, 3.63) is 59.1 Å². The van der Waals surface area contributed by atoms with E-state index < -0.39 is 6.03 Å². The number of carbonyl (C=O) groups excluding carboxylic acids is 1. The van der Waals surface area contributed by atoms with Crippen molar-refractivity contribution in [3.8, 4) is 0 Å². The van der Waals surface area contributed by atoms with Gasteiger partial charge in [-0.25, -0.2) is 4.79 Å². The van der Waals surface area contributed by atoms with Gasteiger partial charge in [0, 0.05) is 11.3 Å². The molecule has 21 heavy (non-hydrogen) atoms. The van der Waals surface area contributed by atoms with Crippen molar-refractivity contribution >= 4 is 34.8 Å². The number of anilines is 2. The molecule has 0 atom stereocenters. The van der Waals surface area contributed by atoms with Gasteiger partial charge in [-0.05, 0) is 36.4 Å². The lowest BCUT2D eigenvalue weighted by Crippen LogP contribution is -2.19. The molecule has 2 rings (SSSR count). The highest BCUT2D eigenvalue weighted by molar-refractivity contribution is 6.33. The zero-order chi connectivity index (χ0) is 15.2. The number of hydrogen-bond acceptors (Lipinski definition) is 3. The van der Waals surface area contributed by atoms with Gasteiger partial charge in [-0.3, -0.25) is 0 Å². The van der Waals surface area contributed by atoms with Crippen LogP contribution in [0.1, 0.15) is 5.56 Å². The summed E-state index contributed by atoms with van der Waals surface area (Å²) in [5, 5.41) is 17.2. The molecular weight excluding hydrogens is 292 g/mol. The quantitative estimate of drug-likeness (QED) is 0.303. The maximum atomic E-state index is 11.8. The zero-order valence-corrected chi connectivity index (χ0v) is 11.6. The summed E-state index contributed by atoms with van der Waals surface area (Å²) >= 11 is 5.95. The number of amides is 2. The molecule has 0 radical (unpaired) electrons. The second-order valence-corrected chi connectivity index (χ2v) is 4.53. The Kier molecular flexibility index (Phi) is 4.63. The average molecular weight is 305 g/mol.